The van der Waals surface area contributed by atoms with Crippen LogP contribution in [0.25, 0.3) is 0 Å². The number of phosphoric ester groups is 1. The monoisotopic (exact) mass is 425 g/mol. The molecule has 1 amide bonds. The number of aromatic nitrogens is 4. The van der Waals surface area contributed by atoms with Crippen molar-refractivity contribution in [2.75, 3.05) is 13.2 Å². The number of aliphatic hydroxyl groups excluding tert-OH is 1. The zero-order chi connectivity index (χ0) is 20.4. The Morgan fingerprint density at radius 2 is 2.21 bits per heavy atom. The number of nitrogens with two attached hydrogens (primary N) is 1. The van der Waals surface area contributed by atoms with Gasteiger partial charge in [-0.1, -0.05) is 0 Å². The summed E-state index contributed by atoms with van der Waals surface area (Å²) in [7, 11) is -3.79. The molecule has 156 valence electrons. The molecule has 0 bridgehead atoms. The van der Waals surface area contributed by atoms with Crippen LogP contribution in [-0.4, -0.2) is 56.2 Å². The minimum absolute atomic E-state index is 0.120. The molecular weight excluding hydrogens is 405 g/mol. The van der Waals surface area contributed by atoms with Gasteiger partial charge in [-0.05, 0) is 17.7 Å². The highest BCUT2D eigenvalue weighted by Crippen LogP contribution is 2.57. The van der Waals surface area contributed by atoms with Gasteiger partial charge in [0, 0.05) is 25.2 Å². The maximum atomic E-state index is 12.8. The summed E-state index contributed by atoms with van der Waals surface area (Å²) in [6.07, 6.45) is 2.41. The number of nitrogens with zero attached hydrogens (tertiary/aromatic N) is 4. The van der Waals surface area contributed by atoms with Gasteiger partial charge >= 0.3 is 7.82 Å². The van der Waals surface area contributed by atoms with Crippen LogP contribution in [0.4, 0.5) is 0 Å². The summed E-state index contributed by atoms with van der Waals surface area (Å²) in [6.45, 7) is 0.0984. The molecule has 2 aliphatic heterocycles. The third kappa shape index (κ3) is 4.53. The molecule has 12 nitrogen and oxygen atoms in total. The zero-order valence-corrected chi connectivity index (χ0v) is 16.1. The molecular formula is C16H20N5O7P. The summed E-state index contributed by atoms with van der Waals surface area (Å²) in [5, 5.41) is 14.1. The number of carbonyl (C=O) groups is 1. The van der Waals surface area contributed by atoms with Crippen LogP contribution in [0.1, 0.15) is 41.4 Å². The third-order valence-electron chi connectivity index (χ3n) is 4.54. The van der Waals surface area contributed by atoms with Crippen molar-refractivity contribution in [3.63, 3.8) is 0 Å². The molecule has 2 fully saturated rings. The number of carbonyl (C=O) groups excluding carboxylic acids is 1. The lowest BCUT2D eigenvalue weighted by molar-refractivity contribution is -0.0617. The van der Waals surface area contributed by atoms with Gasteiger partial charge in [0.15, 0.2) is 6.23 Å². The zero-order valence-electron chi connectivity index (χ0n) is 15.2. The van der Waals surface area contributed by atoms with Crippen LogP contribution < -0.4 is 5.73 Å². The normalized spacial score (nSPS) is 32.3. The number of rotatable bonds is 6. The van der Waals surface area contributed by atoms with E-state index in [1.54, 1.807) is 24.5 Å². The minimum Gasteiger partial charge on any atom is -0.388 e. The average Bonchev–Trinajstić information content (AvgIpc) is 3.34. The Morgan fingerprint density at radius 3 is 2.93 bits per heavy atom. The van der Waals surface area contributed by atoms with E-state index >= 15 is 0 Å². The Morgan fingerprint density at radius 1 is 1.41 bits per heavy atom. The average molecular weight is 425 g/mol. The highest BCUT2D eigenvalue weighted by Gasteiger charge is 2.40. The fraction of sp³-hybridized carbons (Fsp3) is 0.500. The van der Waals surface area contributed by atoms with Crippen LogP contribution in [0.2, 0.25) is 0 Å². The number of pyridine rings is 1. The predicted molar refractivity (Wildman–Crippen MR) is 95.3 cm³/mol. The fourth-order valence-corrected chi connectivity index (χ4v) is 4.56. The number of ether oxygens (including phenoxy) is 1. The Kier molecular flexibility index (Phi) is 5.72. The van der Waals surface area contributed by atoms with Crippen LogP contribution in [0, 0.1) is 0 Å². The fourth-order valence-electron chi connectivity index (χ4n) is 3.14. The first kappa shape index (κ1) is 20.1. The molecule has 2 saturated heterocycles. The number of primary amides is 1. The van der Waals surface area contributed by atoms with Gasteiger partial charge in [0.25, 0.3) is 5.91 Å². The first-order valence-electron chi connectivity index (χ1n) is 8.95. The van der Waals surface area contributed by atoms with E-state index in [4.69, 9.17) is 24.0 Å². The minimum atomic E-state index is -3.79. The van der Waals surface area contributed by atoms with Gasteiger partial charge in [-0.3, -0.25) is 23.3 Å². The largest absolute Gasteiger partial charge is 0.475 e. The molecule has 13 heteroatoms. The van der Waals surface area contributed by atoms with E-state index in [0.717, 1.165) is 5.56 Å². The number of hydrogen-bond donors (Lipinski definition) is 2. The number of amides is 1. The topological polar surface area (TPSA) is 161 Å². The van der Waals surface area contributed by atoms with Gasteiger partial charge in [-0.15, -0.1) is 5.10 Å². The summed E-state index contributed by atoms with van der Waals surface area (Å²) in [5.74, 6) is -0.972. The number of aliphatic hydroxyl groups is 1. The van der Waals surface area contributed by atoms with Gasteiger partial charge in [0.05, 0.1) is 25.4 Å². The SMILES string of the molecule is NC(=O)c1ncn([C@@H]2O[C@H](COP3(=O)OCC[C@@H](c4ccncc4)O3)C[C@H]2O)n1. The quantitative estimate of drug-likeness (QED) is 0.631. The van der Waals surface area contributed by atoms with Crippen molar-refractivity contribution in [1.82, 2.24) is 19.7 Å². The lowest BCUT2D eigenvalue weighted by atomic mass is 10.1. The van der Waals surface area contributed by atoms with E-state index in [-0.39, 0.29) is 25.5 Å². The second kappa shape index (κ2) is 8.27. The van der Waals surface area contributed by atoms with Crippen molar-refractivity contribution < 1.29 is 32.8 Å². The Hall–Kier alpha value is -2.21. The molecule has 0 aliphatic carbocycles. The molecule has 3 N–H and O–H groups in total. The molecule has 2 aromatic heterocycles. The van der Waals surface area contributed by atoms with E-state index in [0.29, 0.717) is 6.42 Å². The number of phosphoric acid groups is 1. The molecule has 29 heavy (non-hydrogen) atoms. The van der Waals surface area contributed by atoms with E-state index in [9.17, 15) is 14.5 Å². The lowest BCUT2D eigenvalue weighted by Gasteiger charge is -2.29. The summed E-state index contributed by atoms with van der Waals surface area (Å²) in [4.78, 5) is 18.8. The molecule has 4 heterocycles. The van der Waals surface area contributed by atoms with Crippen molar-refractivity contribution in [3.8, 4) is 0 Å². The Bertz CT molecular complexity index is 910. The highest BCUT2D eigenvalue weighted by atomic mass is 31.2. The molecule has 4 rings (SSSR count). The summed E-state index contributed by atoms with van der Waals surface area (Å²) < 4.78 is 35.9. The van der Waals surface area contributed by atoms with Crippen molar-refractivity contribution in [3.05, 3.63) is 42.2 Å². The van der Waals surface area contributed by atoms with Crippen LogP contribution in [0.15, 0.2) is 30.9 Å². The van der Waals surface area contributed by atoms with Gasteiger partial charge in [-0.25, -0.2) is 14.2 Å². The first-order valence-corrected chi connectivity index (χ1v) is 10.4. The second-order valence-corrected chi connectivity index (χ2v) is 8.23. The maximum Gasteiger partial charge on any atom is 0.475 e. The smallest absolute Gasteiger partial charge is 0.388 e. The number of hydrogen-bond acceptors (Lipinski definition) is 10. The molecule has 0 radical (unpaired) electrons. The maximum absolute atomic E-state index is 12.8. The van der Waals surface area contributed by atoms with E-state index in [1.165, 1.54) is 11.0 Å². The van der Waals surface area contributed by atoms with Gasteiger partial charge < -0.3 is 15.6 Å². The Labute approximate surface area is 165 Å². The van der Waals surface area contributed by atoms with Gasteiger partial charge in [0.1, 0.15) is 12.4 Å². The van der Waals surface area contributed by atoms with Crippen LogP contribution >= 0.6 is 7.82 Å². The molecule has 2 aromatic rings. The van der Waals surface area contributed by atoms with Crippen molar-refractivity contribution in [2.24, 2.45) is 5.73 Å². The van der Waals surface area contributed by atoms with E-state index in [2.05, 4.69) is 15.1 Å². The molecule has 2 aliphatic rings. The van der Waals surface area contributed by atoms with E-state index < -0.39 is 38.3 Å². The van der Waals surface area contributed by atoms with Gasteiger partial charge in [-0.2, -0.15) is 0 Å². The van der Waals surface area contributed by atoms with Crippen molar-refractivity contribution >= 4 is 13.7 Å². The van der Waals surface area contributed by atoms with Crippen LogP contribution in [-0.2, 0) is 22.9 Å². The second-order valence-electron chi connectivity index (χ2n) is 6.60. The molecule has 0 saturated carbocycles. The van der Waals surface area contributed by atoms with Gasteiger partial charge in [0.2, 0.25) is 5.82 Å². The van der Waals surface area contributed by atoms with Crippen LogP contribution in [0.3, 0.4) is 0 Å². The van der Waals surface area contributed by atoms with E-state index in [1.807, 2.05) is 0 Å². The molecule has 0 spiro atoms. The van der Waals surface area contributed by atoms with Crippen molar-refractivity contribution in [1.29, 1.82) is 0 Å². The molecule has 0 aromatic carbocycles. The molecule has 1 unspecified atom stereocenters. The lowest BCUT2D eigenvalue weighted by Crippen LogP contribution is -2.21. The standard InChI is InChI=1S/C16H20N5O7P/c17-14(23)15-19-9-21(20-15)16-12(22)7-11(27-16)8-26-29(24)25-6-3-13(28-29)10-1-4-18-5-2-10/h1-2,4-5,9,11-13,16,22H,3,6-8H2,(H2,17,23)/t11-,12+,13-,16+,29?/m0/s1. The summed E-state index contributed by atoms with van der Waals surface area (Å²) >= 11 is 0. The van der Waals surface area contributed by atoms with Crippen LogP contribution in [0.5, 0.6) is 0 Å². The molecule has 5 atom stereocenters. The summed E-state index contributed by atoms with van der Waals surface area (Å²) in [6, 6.07) is 3.56. The summed E-state index contributed by atoms with van der Waals surface area (Å²) in [5.41, 5.74) is 5.95. The predicted octanol–water partition coefficient (Wildman–Crippen LogP) is 0.723. The van der Waals surface area contributed by atoms with Crippen molar-refractivity contribution in [2.45, 2.75) is 37.4 Å². The Balaban J connectivity index is 1.35. The highest BCUT2D eigenvalue weighted by molar-refractivity contribution is 7.48. The third-order valence-corrected chi connectivity index (χ3v) is 6.01. The first-order chi connectivity index (χ1) is 13.9.